The van der Waals surface area contributed by atoms with Gasteiger partial charge in [0.1, 0.15) is 5.69 Å². The van der Waals surface area contributed by atoms with Crippen molar-refractivity contribution in [1.29, 1.82) is 0 Å². The second-order valence-corrected chi connectivity index (χ2v) is 3.02. The molecule has 0 unspecified atom stereocenters. The fourth-order valence-electron chi connectivity index (χ4n) is 0.937. The van der Waals surface area contributed by atoms with Crippen LogP contribution in [-0.4, -0.2) is 15.9 Å². The summed E-state index contributed by atoms with van der Waals surface area (Å²) in [6.07, 6.45) is 4.75. The maximum absolute atomic E-state index is 9.88. The zero-order valence-electron chi connectivity index (χ0n) is 7.19. The minimum absolute atomic E-state index is 0.540. The van der Waals surface area contributed by atoms with Gasteiger partial charge in [0.2, 0.25) is 6.08 Å². The van der Waals surface area contributed by atoms with Crippen LogP contribution in [0.15, 0.2) is 17.4 Å². The van der Waals surface area contributed by atoms with Gasteiger partial charge in [-0.3, -0.25) is 4.68 Å². The monoisotopic (exact) mass is 165 g/mol. The van der Waals surface area contributed by atoms with E-state index in [0.717, 1.165) is 6.54 Å². The number of aliphatic imine (C=N–C) groups is 1. The summed E-state index contributed by atoms with van der Waals surface area (Å²) in [6.45, 7) is 5.04. The van der Waals surface area contributed by atoms with Crippen molar-refractivity contribution < 1.29 is 4.79 Å². The lowest BCUT2D eigenvalue weighted by Gasteiger charge is -2.02. The second-order valence-electron chi connectivity index (χ2n) is 3.02. The summed E-state index contributed by atoms with van der Waals surface area (Å²) >= 11 is 0. The average molecular weight is 165 g/mol. The van der Waals surface area contributed by atoms with Crippen molar-refractivity contribution in [3.63, 3.8) is 0 Å². The minimum atomic E-state index is 0.540. The molecular formula is C8H11N3O. The van der Waals surface area contributed by atoms with Crippen LogP contribution in [0.25, 0.3) is 0 Å². The molecule has 1 aromatic rings. The number of aromatic nitrogens is 2. The highest BCUT2D eigenvalue weighted by atomic mass is 16.1. The van der Waals surface area contributed by atoms with Crippen LogP contribution in [-0.2, 0) is 11.3 Å². The number of rotatable bonds is 3. The third kappa shape index (κ3) is 2.32. The Bertz CT molecular complexity index is 297. The Balaban J connectivity index is 2.70. The average Bonchev–Trinajstić information content (AvgIpc) is 2.36. The van der Waals surface area contributed by atoms with Crippen LogP contribution in [0.4, 0.5) is 5.69 Å². The molecule has 0 aliphatic rings. The molecule has 64 valence electrons. The minimum Gasteiger partial charge on any atom is -0.270 e. The van der Waals surface area contributed by atoms with Crippen molar-refractivity contribution in [2.24, 2.45) is 10.9 Å². The van der Waals surface area contributed by atoms with E-state index in [9.17, 15) is 4.79 Å². The maximum atomic E-state index is 9.88. The van der Waals surface area contributed by atoms with Gasteiger partial charge >= 0.3 is 0 Å². The summed E-state index contributed by atoms with van der Waals surface area (Å²) in [5, 5.41) is 4.02. The predicted molar refractivity (Wildman–Crippen MR) is 44.8 cm³/mol. The maximum Gasteiger partial charge on any atom is 0.240 e. The summed E-state index contributed by atoms with van der Waals surface area (Å²) < 4.78 is 1.76. The highest BCUT2D eigenvalue weighted by molar-refractivity contribution is 5.45. The Kier molecular flexibility index (Phi) is 2.77. The summed E-state index contributed by atoms with van der Waals surface area (Å²) in [5.41, 5.74) is 0.561. The molecule has 0 spiro atoms. The van der Waals surface area contributed by atoms with E-state index in [1.54, 1.807) is 17.1 Å². The molecule has 0 aliphatic carbocycles. The van der Waals surface area contributed by atoms with E-state index in [1.807, 2.05) is 0 Å². The molecule has 4 nitrogen and oxygen atoms in total. The van der Waals surface area contributed by atoms with E-state index in [-0.39, 0.29) is 0 Å². The Labute approximate surface area is 70.9 Å². The first-order valence-electron chi connectivity index (χ1n) is 3.82. The van der Waals surface area contributed by atoms with E-state index in [4.69, 9.17) is 0 Å². The molecule has 0 aliphatic heterocycles. The Morgan fingerprint density at radius 2 is 2.50 bits per heavy atom. The molecule has 1 aromatic heterocycles. The molecule has 0 N–H and O–H groups in total. The molecule has 0 aromatic carbocycles. The lowest BCUT2D eigenvalue weighted by atomic mass is 10.2. The van der Waals surface area contributed by atoms with Crippen LogP contribution in [0.2, 0.25) is 0 Å². The highest BCUT2D eigenvalue weighted by Crippen LogP contribution is 2.09. The first-order valence-corrected chi connectivity index (χ1v) is 3.82. The van der Waals surface area contributed by atoms with E-state index < -0.39 is 0 Å². The molecule has 1 rings (SSSR count). The number of nitrogens with zero attached hydrogens (tertiary/aromatic N) is 3. The molecule has 0 saturated carbocycles. The van der Waals surface area contributed by atoms with Gasteiger partial charge in [-0.15, -0.1) is 0 Å². The van der Waals surface area contributed by atoms with Gasteiger partial charge in [0, 0.05) is 6.54 Å². The first-order chi connectivity index (χ1) is 5.72. The van der Waals surface area contributed by atoms with Crippen molar-refractivity contribution in [2.75, 3.05) is 0 Å². The lowest BCUT2D eigenvalue weighted by molar-refractivity contribution is 0.483. The van der Waals surface area contributed by atoms with Crippen LogP contribution >= 0.6 is 0 Å². The summed E-state index contributed by atoms with van der Waals surface area (Å²) in [5.74, 6) is 0.540. The molecule has 1 heterocycles. The number of hydrogen-bond donors (Lipinski definition) is 0. The third-order valence-electron chi connectivity index (χ3n) is 1.35. The highest BCUT2D eigenvalue weighted by Gasteiger charge is 1.98. The standard InChI is InChI=1S/C8H11N3O/c1-7(2)4-11-5-8(3-10-11)9-6-12/h3,5,7H,4H2,1-2H3. The fourth-order valence-corrected chi connectivity index (χ4v) is 0.937. The first kappa shape index (κ1) is 8.68. The molecule has 4 heteroatoms. The van der Waals surface area contributed by atoms with Crippen LogP contribution in [0, 0.1) is 5.92 Å². The summed E-state index contributed by atoms with van der Waals surface area (Å²) in [7, 11) is 0. The smallest absolute Gasteiger partial charge is 0.240 e. The molecule has 0 radical (unpaired) electrons. The molecule has 12 heavy (non-hydrogen) atoms. The van der Waals surface area contributed by atoms with Crippen molar-refractivity contribution in [3.8, 4) is 0 Å². The van der Waals surface area contributed by atoms with E-state index in [0.29, 0.717) is 11.6 Å². The third-order valence-corrected chi connectivity index (χ3v) is 1.35. The largest absolute Gasteiger partial charge is 0.270 e. The van der Waals surface area contributed by atoms with Gasteiger partial charge in [-0.1, -0.05) is 13.8 Å². The van der Waals surface area contributed by atoms with Crippen molar-refractivity contribution in [2.45, 2.75) is 20.4 Å². The zero-order chi connectivity index (χ0) is 8.97. The topological polar surface area (TPSA) is 47.2 Å². The van der Waals surface area contributed by atoms with Crippen molar-refractivity contribution >= 4 is 11.8 Å². The lowest BCUT2D eigenvalue weighted by Crippen LogP contribution is -2.03. The van der Waals surface area contributed by atoms with Gasteiger partial charge in [-0.05, 0) is 5.92 Å². The fraction of sp³-hybridized carbons (Fsp3) is 0.500. The molecule has 0 atom stereocenters. The van der Waals surface area contributed by atoms with Crippen LogP contribution in [0.3, 0.4) is 0 Å². The quantitative estimate of drug-likeness (QED) is 0.503. The van der Waals surface area contributed by atoms with Crippen molar-refractivity contribution in [3.05, 3.63) is 12.4 Å². The Morgan fingerprint density at radius 1 is 1.75 bits per heavy atom. The van der Waals surface area contributed by atoms with Crippen LogP contribution in [0.5, 0.6) is 0 Å². The van der Waals surface area contributed by atoms with Gasteiger partial charge in [0.15, 0.2) is 0 Å². The number of carbonyl (C=O) groups excluding carboxylic acids is 1. The zero-order valence-corrected chi connectivity index (χ0v) is 7.19. The normalized spacial score (nSPS) is 9.92. The van der Waals surface area contributed by atoms with E-state index in [1.165, 1.54) is 6.08 Å². The molecule has 0 bridgehead atoms. The summed E-state index contributed by atoms with van der Waals surface area (Å²) in [6, 6.07) is 0. The van der Waals surface area contributed by atoms with E-state index in [2.05, 4.69) is 23.9 Å². The number of isocyanates is 1. The molecular weight excluding hydrogens is 154 g/mol. The van der Waals surface area contributed by atoms with Gasteiger partial charge in [0.05, 0.1) is 12.4 Å². The summed E-state index contributed by atoms with van der Waals surface area (Å²) in [4.78, 5) is 13.3. The second kappa shape index (κ2) is 3.83. The van der Waals surface area contributed by atoms with Gasteiger partial charge in [-0.25, -0.2) is 4.79 Å². The SMILES string of the molecule is CC(C)Cn1cc(N=C=O)cn1. The van der Waals surface area contributed by atoms with Gasteiger partial charge < -0.3 is 0 Å². The molecule has 0 fully saturated rings. The van der Waals surface area contributed by atoms with Crippen LogP contribution < -0.4 is 0 Å². The van der Waals surface area contributed by atoms with Crippen LogP contribution in [0.1, 0.15) is 13.8 Å². The molecule has 0 amide bonds. The Hall–Kier alpha value is -1.41. The van der Waals surface area contributed by atoms with E-state index >= 15 is 0 Å². The van der Waals surface area contributed by atoms with Gasteiger partial charge in [-0.2, -0.15) is 10.1 Å². The molecule has 0 saturated heterocycles. The Morgan fingerprint density at radius 3 is 3.08 bits per heavy atom. The van der Waals surface area contributed by atoms with Gasteiger partial charge in [0.25, 0.3) is 0 Å². The van der Waals surface area contributed by atoms with Crippen molar-refractivity contribution in [1.82, 2.24) is 9.78 Å². The predicted octanol–water partition coefficient (Wildman–Crippen LogP) is 1.51. The number of hydrogen-bond acceptors (Lipinski definition) is 3.